The molecule has 1 heterocycles. The smallest absolute Gasteiger partial charge is 0.287 e. The van der Waals surface area contributed by atoms with Crippen LogP contribution in [0.4, 0.5) is 0 Å². The average molecular weight is 401 g/mol. The van der Waals surface area contributed by atoms with E-state index in [0.29, 0.717) is 31.4 Å². The summed E-state index contributed by atoms with van der Waals surface area (Å²) in [6, 6.07) is 9.74. The van der Waals surface area contributed by atoms with Gasteiger partial charge in [0.25, 0.3) is 5.91 Å². The van der Waals surface area contributed by atoms with Crippen molar-refractivity contribution in [3.05, 3.63) is 53.5 Å². The molecular formula is C22H32N4O3. The molecule has 7 nitrogen and oxygen atoms in total. The molecule has 1 aromatic heterocycles. The second-order valence-electron chi connectivity index (χ2n) is 7.72. The topological polar surface area (TPSA) is 87.9 Å². The first-order valence-corrected chi connectivity index (χ1v) is 9.84. The quantitative estimate of drug-likeness (QED) is 0.360. The number of amides is 1. The molecule has 0 saturated heterocycles. The number of carbonyl (C=O) groups excluding carboxylic acids is 1. The molecule has 2 rings (SSSR count). The maximum Gasteiger partial charge on any atom is 0.287 e. The normalized spacial score (nSPS) is 11.8. The van der Waals surface area contributed by atoms with Crippen LogP contribution in [0.2, 0.25) is 0 Å². The van der Waals surface area contributed by atoms with Gasteiger partial charge in [0, 0.05) is 37.8 Å². The number of furan rings is 1. The Morgan fingerprint density at radius 3 is 2.48 bits per heavy atom. The Labute approximate surface area is 172 Å². The molecule has 29 heavy (non-hydrogen) atoms. The fraction of sp³-hybridized carbons (Fsp3) is 0.455. The van der Waals surface area contributed by atoms with Crippen LogP contribution in [0, 0.1) is 6.92 Å². The van der Waals surface area contributed by atoms with Crippen molar-refractivity contribution in [2.24, 2.45) is 4.99 Å². The first-order valence-electron chi connectivity index (χ1n) is 9.84. The minimum atomic E-state index is -0.255. The molecule has 0 atom stereocenters. The van der Waals surface area contributed by atoms with Gasteiger partial charge in [0.2, 0.25) is 0 Å². The highest BCUT2D eigenvalue weighted by Gasteiger charge is 2.14. The summed E-state index contributed by atoms with van der Waals surface area (Å²) in [5, 5.41) is 9.40. The van der Waals surface area contributed by atoms with Gasteiger partial charge >= 0.3 is 0 Å². The molecule has 1 amide bonds. The number of carbonyl (C=O) groups is 1. The van der Waals surface area contributed by atoms with Crippen molar-refractivity contribution in [3.8, 4) is 5.75 Å². The van der Waals surface area contributed by atoms with E-state index in [-0.39, 0.29) is 11.5 Å². The Hall–Kier alpha value is -2.96. The molecule has 158 valence electrons. The SMILES string of the molecule is CN=C(NCCCNC(=O)c1occc1C)NCc1ccccc1OC(C)(C)C. The summed E-state index contributed by atoms with van der Waals surface area (Å²) in [4.78, 5) is 16.2. The summed E-state index contributed by atoms with van der Waals surface area (Å²) in [7, 11) is 1.73. The summed E-state index contributed by atoms with van der Waals surface area (Å²) in [6.07, 6.45) is 2.28. The van der Waals surface area contributed by atoms with Crippen molar-refractivity contribution in [1.82, 2.24) is 16.0 Å². The van der Waals surface area contributed by atoms with Gasteiger partial charge in [0.1, 0.15) is 11.4 Å². The van der Waals surface area contributed by atoms with Crippen molar-refractivity contribution in [1.29, 1.82) is 0 Å². The number of nitrogens with one attached hydrogen (secondary N) is 3. The first-order chi connectivity index (χ1) is 13.8. The van der Waals surface area contributed by atoms with Gasteiger partial charge in [0.15, 0.2) is 11.7 Å². The van der Waals surface area contributed by atoms with Gasteiger partial charge in [-0.15, -0.1) is 0 Å². The van der Waals surface area contributed by atoms with Crippen molar-refractivity contribution >= 4 is 11.9 Å². The van der Waals surface area contributed by atoms with Crippen LogP contribution in [-0.2, 0) is 6.54 Å². The molecule has 0 spiro atoms. The number of benzene rings is 1. The highest BCUT2D eigenvalue weighted by Crippen LogP contribution is 2.22. The van der Waals surface area contributed by atoms with Crippen LogP contribution in [0.1, 0.15) is 48.9 Å². The minimum Gasteiger partial charge on any atom is -0.488 e. The minimum absolute atomic E-state index is 0.189. The number of aryl methyl sites for hydroxylation is 1. The summed E-state index contributed by atoms with van der Waals surface area (Å²) in [6.45, 7) is 9.76. The fourth-order valence-corrected chi connectivity index (χ4v) is 2.66. The van der Waals surface area contributed by atoms with E-state index in [0.717, 1.165) is 23.3 Å². The van der Waals surface area contributed by atoms with E-state index < -0.39 is 0 Å². The van der Waals surface area contributed by atoms with Crippen molar-refractivity contribution in [2.75, 3.05) is 20.1 Å². The van der Waals surface area contributed by atoms with Crippen LogP contribution in [-0.4, -0.2) is 37.6 Å². The van der Waals surface area contributed by atoms with Crippen LogP contribution < -0.4 is 20.7 Å². The number of para-hydroxylation sites is 1. The van der Waals surface area contributed by atoms with E-state index >= 15 is 0 Å². The predicted molar refractivity (Wildman–Crippen MR) is 115 cm³/mol. The number of ether oxygens (including phenoxy) is 1. The lowest BCUT2D eigenvalue weighted by atomic mass is 10.1. The zero-order valence-electron chi connectivity index (χ0n) is 18.0. The lowest BCUT2D eigenvalue weighted by Crippen LogP contribution is -2.38. The van der Waals surface area contributed by atoms with Gasteiger partial charge in [-0.2, -0.15) is 0 Å². The number of rotatable bonds is 8. The van der Waals surface area contributed by atoms with Gasteiger partial charge < -0.3 is 25.1 Å². The Morgan fingerprint density at radius 2 is 1.83 bits per heavy atom. The number of guanidine groups is 1. The van der Waals surface area contributed by atoms with Crippen LogP contribution >= 0.6 is 0 Å². The fourth-order valence-electron chi connectivity index (χ4n) is 2.66. The number of hydrogen-bond donors (Lipinski definition) is 3. The zero-order chi connectivity index (χ0) is 21.3. The second-order valence-corrected chi connectivity index (χ2v) is 7.72. The molecule has 0 fully saturated rings. The molecule has 3 N–H and O–H groups in total. The van der Waals surface area contributed by atoms with Crippen LogP contribution in [0.3, 0.4) is 0 Å². The van der Waals surface area contributed by atoms with E-state index in [1.807, 2.05) is 52.0 Å². The molecule has 2 aromatic rings. The van der Waals surface area contributed by atoms with Gasteiger partial charge in [-0.05, 0) is 46.2 Å². The van der Waals surface area contributed by atoms with E-state index in [2.05, 4.69) is 20.9 Å². The summed E-state index contributed by atoms with van der Waals surface area (Å²) in [5.74, 6) is 1.74. The third-order valence-corrected chi connectivity index (χ3v) is 4.06. The largest absolute Gasteiger partial charge is 0.488 e. The molecule has 0 aliphatic carbocycles. The van der Waals surface area contributed by atoms with Crippen molar-refractivity contribution < 1.29 is 13.9 Å². The van der Waals surface area contributed by atoms with E-state index in [4.69, 9.17) is 9.15 Å². The van der Waals surface area contributed by atoms with Crippen LogP contribution in [0.5, 0.6) is 5.75 Å². The standard InChI is InChI=1S/C22H32N4O3/c1-16-11-14-28-19(16)20(27)24-12-8-13-25-21(23-5)26-15-17-9-6-7-10-18(17)29-22(2,3)4/h6-7,9-11,14H,8,12-13,15H2,1-5H3,(H,24,27)(H2,23,25,26). The maximum atomic E-state index is 12.0. The van der Waals surface area contributed by atoms with E-state index in [1.165, 1.54) is 6.26 Å². The van der Waals surface area contributed by atoms with Crippen molar-refractivity contribution in [2.45, 2.75) is 46.3 Å². The van der Waals surface area contributed by atoms with Gasteiger partial charge in [0.05, 0.1) is 6.26 Å². The Balaban J connectivity index is 1.73. The highest BCUT2D eigenvalue weighted by molar-refractivity contribution is 5.92. The number of nitrogens with zero attached hydrogens (tertiary/aromatic N) is 1. The summed E-state index contributed by atoms with van der Waals surface area (Å²) >= 11 is 0. The highest BCUT2D eigenvalue weighted by atomic mass is 16.5. The van der Waals surface area contributed by atoms with Gasteiger partial charge in [-0.25, -0.2) is 0 Å². The van der Waals surface area contributed by atoms with E-state index in [9.17, 15) is 4.79 Å². The molecule has 0 bridgehead atoms. The number of aliphatic imine (C=N–C) groups is 1. The lowest BCUT2D eigenvalue weighted by molar-refractivity contribution is 0.0924. The third-order valence-electron chi connectivity index (χ3n) is 4.06. The summed E-state index contributed by atoms with van der Waals surface area (Å²) < 4.78 is 11.2. The van der Waals surface area contributed by atoms with Crippen molar-refractivity contribution in [3.63, 3.8) is 0 Å². The molecule has 0 aliphatic rings. The molecule has 7 heteroatoms. The lowest BCUT2D eigenvalue weighted by Gasteiger charge is -2.23. The Bertz CT molecular complexity index is 821. The van der Waals surface area contributed by atoms with Gasteiger partial charge in [-0.3, -0.25) is 9.79 Å². The summed E-state index contributed by atoms with van der Waals surface area (Å²) in [5.41, 5.74) is 1.64. The molecule has 0 saturated carbocycles. The monoisotopic (exact) mass is 400 g/mol. The molecule has 0 aliphatic heterocycles. The molecular weight excluding hydrogens is 368 g/mol. The Kier molecular flexibility index (Phi) is 8.12. The average Bonchev–Trinajstić information content (AvgIpc) is 3.09. The zero-order valence-corrected chi connectivity index (χ0v) is 18.0. The van der Waals surface area contributed by atoms with Crippen LogP contribution in [0.25, 0.3) is 0 Å². The predicted octanol–water partition coefficient (Wildman–Crippen LogP) is 3.25. The molecule has 0 radical (unpaired) electrons. The second kappa shape index (κ2) is 10.5. The Morgan fingerprint density at radius 1 is 1.10 bits per heavy atom. The first kappa shape index (κ1) is 22.3. The van der Waals surface area contributed by atoms with Crippen LogP contribution in [0.15, 0.2) is 46.0 Å². The van der Waals surface area contributed by atoms with Gasteiger partial charge in [-0.1, -0.05) is 18.2 Å². The molecule has 1 aromatic carbocycles. The third kappa shape index (κ3) is 7.52. The molecule has 0 unspecified atom stereocenters. The number of hydrogen-bond acceptors (Lipinski definition) is 4. The van der Waals surface area contributed by atoms with E-state index in [1.54, 1.807) is 13.1 Å². The maximum absolute atomic E-state index is 12.0.